The van der Waals surface area contributed by atoms with Gasteiger partial charge in [0.05, 0.1) is 5.69 Å². The van der Waals surface area contributed by atoms with E-state index in [0.717, 1.165) is 24.8 Å². The second-order valence-corrected chi connectivity index (χ2v) is 6.26. The van der Waals surface area contributed by atoms with Gasteiger partial charge >= 0.3 is 5.97 Å². The summed E-state index contributed by atoms with van der Waals surface area (Å²) in [5.41, 5.74) is 1.59. The number of hydrogen-bond acceptors (Lipinski definition) is 5. The van der Waals surface area contributed by atoms with Crippen LogP contribution in [0.2, 0.25) is 0 Å². The topological polar surface area (TPSA) is 81.0 Å². The van der Waals surface area contributed by atoms with Gasteiger partial charge in [-0.05, 0) is 31.4 Å². The third kappa shape index (κ3) is 4.04. The van der Waals surface area contributed by atoms with Crippen LogP contribution in [-0.4, -0.2) is 39.3 Å². The summed E-state index contributed by atoms with van der Waals surface area (Å²) in [7, 11) is 0. The molecule has 25 heavy (non-hydrogen) atoms. The summed E-state index contributed by atoms with van der Waals surface area (Å²) in [6, 6.07) is 5.00. The molecule has 0 bridgehead atoms. The molecular formula is C18H21N3O4. The van der Waals surface area contributed by atoms with Gasteiger partial charge in [0.25, 0.3) is 5.56 Å². The molecule has 0 aliphatic carbocycles. The lowest BCUT2D eigenvalue weighted by Gasteiger charge is -2.19. The van der Waals surface area contributed by atoms with E-state index in [4.69, 9.17) is 4.74 Å². The molecule has 0 saturated carbocycles. The minimum Gasteiger partial charge on any atom is -0.458 e. The molecule has 1 amide bonds. The van der Waals surface area contributed by atoms with Crippen molar-refractivity contribution < 1.29 is 14.3 Å². The van der Waals surface area contributed by atoms with Gasteiger partial charge in [-0.25, -0.2) is 4.98 Å². The molecule has 0 radical (unpaired) electrons. The summed E-state index contributed by atoms with van der Waals surface area (Å²) < 4.78 is 6.68. The number of nitrogens with zero attached hydrogens (tertiary/aromatic N) is 3. The average Bonchev–Trinajstić information content (AvgIpc) is 2.79. The lowest BCUT2D eigenvalue weighted by molar-refractivity contribution is -0.150. The van der Waals surface area contributed by atoms with Gasteiger partial charge in [0.15, 0.2) is 0 Å². The first kappa shape index (κ1) is 17.1. The van der Waals surface area contributed by atoms with Gasteiger partial charge in [0, 0.05) is 25.2 Å². The quantitative estimate of drug-likeness (QED) is 0.785. The minimum absolute atomic E-state index is 0.00727. The van der Waals surface area contributed by atoms with Gasteiger partial charge in [0.2, 0.25) is 5.91 Å². The molecule has 0 N–H and O–H groups in total. The summed E-state index contributed by atoms with van der Waals surface area (Å²) in [6.45, 7) is 2.32. The first-order valence-electron chi connectivity index (χ1n) is 8.46. The second kappa shape index (κ2) is 7.46. The molecule has 0 spiro atoms. The molecule has 132 valence electrons. The van der Waals surface area contributed by atoms with E-state index in [0.29, 0.717) is 24.3 Å². The monoisotopic (exact) mass is 343 g/mol. The molecule has 0 aromatic carbocycles. The highest BCUT2D eigenvalue weighted by Crippen LogP contribution is 2.11. The van der Waals surface area contributed by atoms with Crippen LogP contribution in [-0.2, 0) is 20.9 Å². The highest BCUT2D eigenvalue weighted by molar-refractivity contribution is 5.82. The Morgan fingerprint density at radius 1 is 1.28 bits per heavy atom. The van der Waals surface area contributed by atoms with Crippen LogP contribution in [0, 0.1) is 6.92 Å². The predicted molar refractivity (Wildman–Crippen MR) is 91.0 cm³/mol. The Morgan fingerprint density at radius 3 is 2.96 bits per heavy atom. The highest BCUT2D eigenvalue weighted by Gasteiger charge is 2.20. The zero-order valence-electron chi connectivity index (χ0n) is 14.2. The van der Waals surface area contributed by atoms with E-state index in [9.17, 15) is 14.4 Å². The van der Waals surface area contributed by atoms with Crippen LogP contribution in [0.5, 0.6) is 0 Å². The van der Waals surface area contributed by atoms with Crippen molar-refractivity contribution in [3.05, 3.63) is 46.0 Å². The van der Waals surface area contributed by atoms with E-state index in [1.807, 2.05) is 13.0 Å². The smallest absolute Gasteiger partial charge is 0.326 e. The van der Waals surface area contributed by atoms with Crippen LogP contribution >= 0.6 is 0 Å². The molecule has 1 fully saturated rings. The molecular weight excluding hydrogens is 322 g/mol. The average molecular weight is 343 g/mol. The van der Waals surface area contributed by atoms with E-state index >= 15 is 0 Å². The van der Waals surface area contributed by atoms with Crippen molar-refractivity contribution in [2.45, 2.75) is 39.2 Å². The number of rotatable bonds is 4. The number of likely N-dealkylation sites (tertiary alicyclic amines) is 1. The van der Waals surface area contributed by atoms with Crippen LogP contribution in [0.15, 0.2) is 29.2 Å². The van der Waals surface area contributed by atoms with Crippen molar-refractivity contribution in [2.24, 2.45) is 0 Å². The molecule has 1 aliphatic rings. The minimum atomic E-state index is -0.484. The lowest BCUT2D eigenvalue weighted by Crippen LogP contribution is -2.36. The first-order chi connectivity index (χ1) is 12.0. The number of carbonyl (C=O) groups is 2. The van der Waals surface area contributed by atoms with E-state index in [-0.39, 0.29) is 24.6 Å². The van der Waals surface area contributed by atoms with Crippen molar-refractivity contribution in [1.29, 1.82) is 0 Å². The van der Waals surface area contributed by atoms with Gasteiger partial charge in [-0.2, -0.15) is 0 Å². The van der Waals surface area contributed by atoms with E-state index < -0.39 is 5.97 Å². The standard InChI is InChI=1S/C18H21N3O4/c1-13-6-5-9-21-16(23)10-14(19-18(13)21)12-25-17(24)11-20-8-4-2-3-7-15(20)22/h5-6,9-10H,2-4,7-8,11-12H2,1H3. The Kier molecular flexibility index (Phi) is 5.11. The van der Waals surface area contributed by atoms with Crippen molar-refractivity contribution >= 4 is 17.5 Å². The summed E-state index contributed by atoms with van der Waals surface area (Å²) in [6.07, 6.45) is 4.91. The summed E-state index contributed by atoms with van der Waals surface area (Å²) in [5.74, 6) is -0.491. The number of ether oxygens (including phenoxy) is 1. The Hall–Kier alpha value is -2.70. The molecule has 7 nitrogen and oxygen atoms in total. The van der Waals surface area contributed by atoms with Gasteiger partial charge < -0.3 is 9.64 Å². The molecule has 1 aliphatic heterocycles. The third-order valence-corrected chi connectivity index (χ3v) is 4.31. The van der Waals surface area contributed by atoms with Crippen LogP contribution < -0.4 is 5.56 Å². The second-order valence-electron chi connectivity index (χ2n) is 6.26. The SMILES string of the molecule is Cc1cccn2c(=O)cc(COC(=O)CN3CCCCCC3=O)nc12. The van der Waals surface area contributed by atoms with Gasteiger partial charge in [-0.15, -0.1) is 0 Å². The predicted octanol–water partition coefficient (Wildman–Crippen LogP) is 1.45. The molecule has 3 heterocycles. The number of pyridine rings is 1. The normalized spacial score (nSPS) is 15.2. The number of amides is 1. The Labute approximate surface area is 145 Å². The Bertz CT molecular complexity index is 859. The molecule has 2 aromatic rings. The molecule has 0 unspecified atom stereocenters. The largest absolute Gasteiger partial charge is 0.458 e. The summed E-state index contributed by atoms with van der Waals surface area (Å²) in [5, 5.41) is 0. The highest BCUT2D eigenvalue weighted by atomic mass is 16.5. The number of carbonyl (C=O) groups excluding carboxylic acids is 2. The number of fused-ring (bicyclic) bond motifs is 1. The number of esters is 1. The fourth-order valence-electron chi connectivity index (χ4n) is 2.94. The molecule has 0 atom stereocenters. The Morgan fingerprint density at radius 2 is 2.12 bits per heavy atom. The maximum Gasteiger partial charge on any atom is 0.326 e. The first-order valence-corrected chi connectivity index (χ1v) is 8.46. The van der Waals surface area contributed by atoms with Crippen LogP contribution in [0.3, 0.4) is 0 Å². The fraction of sp³-hybridized carbons (Fsp3) is 0.444. The molecule has 3 rings (SSSR count). The molecule has 2 aromatic heterocycles. The van der Waals surface area contributed by atoms with Gasteiger partial charge in [0.1, 0.15) is 18.8 Å². The van der Waals surface area contributed by atoms with Crippen molar-refractivity contribution in [1.82, 2.24) is 14.3 Å². The molecule has 1 saturated heterocycles. The lowest BCUT2D eigenvalue weighted by atomic mass is 10.2. The zero-order valence-corrected chi connectivity index (χ0v) is 14.2. The number of aromatic nitrogens is 2. The van der Waals surface area contributed by atoms with E-state index in [1.165, 1.54) is 10.5 Å². The van der Waals surface area contributed by atoms with Crippen LogP contribution in [0.4, 0.5) is 0 Å². The summed E-state index contributed by atoms with van der Waals surface area (Å²) >= 11 is 0. The Balaban J connectivity index is 1.66. The number of hydrogen-bond donors (Lipinski definition) is 0. The third-order valence-electron chi connectivity index (χ3n) is 4.31. The van der Waals surface area contributed by atoms with Crippen LogP contribution in [0.25, 0.3) is 5.65 Å². The van der Waals surface area contributed by atoms with Crippen molar-refractivity contribution in [3.63, 3.8) is 0 Å². The van der Waals surface area contributed by atoms with Crippen LogP contribution in [0.1, 0.15) is 36.9 Å². The number of aryl methyl sites for hydroxylation is 1. The fourth-order valence-corrected chi connectivity index (χ4v) is 2.94. The summed E-state index contributed by atoms with van der Waals surface area (Å²) in [4.78, 5) is 42.0. The molecule has 7 heteroatoms. The van der Waals surface area contributed by atoms with Gasteiger partial charge in [-0.1, -0.05) is 12.5 Å². The van der Waals surface area contributed by atoms with Crippen molar-refractivity contribution in [3.8, 4) is 0 Å². The van der Waals surface area contributed by atoms with E-state index in [1.54, 1.807) is 17.2 Å². The van der Waals surface area contributed by atoms with Gasteiger partial charge in [-0.3, -0.25) is 18.8 Å². The zero-order chi connectivity index (χ0) is 17.8. The van der Waals surface area contributed by atoms with Crippen molar-refractivity contribution in [2.75, 3.05) is 13.1 Å². The maximum absolute atomic E-state index is 12.1. The van der Waals surface area contributed by atoms with E-state index in [2.05, 4.69) is 4.98 Å². The maximum atomic E-state index is 12.1.